The molecule has 2 unspecified atom stereocenters. The number of nitrogens with zero attached hydrogens (tertiary/aromatic N) is 4. The molecule has 8 heteroatoms. The number of amides is 1. The summed E-state index contributed by atoms with van der Waals surface area (Å²) in [5.74, 6) is -1.71. The average Bonchev–Trinajstić information content (AvgIpc) is 3.05. The maximum atomic E-state index is 12.0. The molecule has 0 saturated carbocycles. The van der Waals surface area contributed by atoms with Crippen LogP contribution in [0.15, 0.2) is 12.7 Å². The number of carbonyl (C=O) groups excluding carboxylic acids is 1. The van der Waals surface area contributed by atoms with Crippen LogP contribution in [0.5, 0.6) is 0 Å². The van der Waals surface area contributed by atoms with Gasteiger partial charge in [-0.2, -0.15) is 5.10 Å². The first kappa shape index (κ1) is 13.5. The molecule has 1 saturated heterocycles. The fourth-order valence-electron chi connectivity index (χ4n) is 2.08. The molecule has 19 heavy (non-hydrogen) atoms. The SMILES string of the molecule is CN(C(=O)CCn1cncn1)C1COCC1C(=O)O. The van der Waals surface area contributed by atoms with Crippen molar-refractivity contribution in [2.45, 2.75) is 19.0 Å². The van der Waals surface area contributed by atoms with Gasteiger partial charge in [-0.1, -0.05) is 0 Å². The van der Waals surface area contributed by atoms with E-state index < -0.39 is 17.9 Å². The van der Waals surface area contributed by atoms with Crippen LogP contribution in [0, 0.1) is 5.92 Å². The summed E-state index contributed by atoms with van der Waals surface area (Å²) < 4.78 is 6.71. The van der Waals surface area contributed by atoms with E-state index >= 15 is 0 Å². The highest BCUT2D eigenvalue weighted by molar-refractivity contribution is 5.78. The first-order valence-corrected chi connectivity index (χ1v) is 5.98. The van der Waals surface area contributed by atoms with Gasteiger partial charge in [-0.05, 0) is 0 Å². The molecule has 0 radical (unpaired) electrons. The quantitative estimate of drug-likeness (QED) is 0.752. The molecular formula is C11H16N4O4. The third-order valence-electron chi connectivity index (χ3n) is 3.28. The van der Waals surface area contributed by atoms with Crippen LogP contribution in [0.1, 0.15) is 6.42 Å². The Morgan fingerprint density at radius 3 is 2.95 bits per heavy atom. The minimum atomic E-state index is -0.932. The molecule has 104 valence electrons. The second-order valence-electron chi connectivity index (χ2n) is 4.46. The van der Waals surface area contributed by atoms with Gasteiger partial charge in [0.15, 0.2) is 0 Å². The number of aryl methyl sites for hydroxylation is 1. The Bertz CT molecular complexity index is 448. The molecule has 1 aromatic rings. The Morgan fingerprint density at radius 1 is 1.53 bits per heavy atom. The van der Waals surface area contributed by atoms with Gasteiger partial charge in [-0.15, -0.1) is 0 Å². The van der Waals surface area contributed by atoms with Crippen LogP contribution in [0.4, 0.5) is 0 Å². The van der Waals surface area contributed by atoms with Crippen molar-refractivity contribution in [2.24, 2.45) is 5.92 Å². The maximum Gasteiger partial charge on any atom is 0.311 e. The van der Waals surface area contributed by atoms with Crippen LogP contribution >= 0.6 is 0 Å². The molecule has 1 fully saturated rings. The summed E-state index contributed by atoms with van der Waals surface area (Å²) in [6.45, 7) is 0.845. The number of aromatic nitrogens is 3. The number of hydrogen-bond donors (Lipinski definition) is 1. The van der Waals surface area contributed by atoms with Gasteiger partial charge in [0.25, 0.3) is 0 Å². The van der Waals surface area contributed by atoms with E-state index in [1.807, 2.05) is 0 Å². The lowest BCUT2D eigenvalue weighted by molar-refractivity contribution is -0.144. The third kappa shape index (κ3) is 3.08. The summed E-state index contributed by atoms with van der Waals surface area (Å²) in [5.41, 5.74) is 0. The molecule has 1 aromatic heterocycles. The van der Waals surface area contributed by atoms with Gasteiger partial charge in [0, 0.05) is 13.5 Å². The Labute approximate surface area is 110 Å². The van der Waals surface area contributed by atoms with E-state index in [-0.39, 0.29) is 25.5 Å². The van der Waals surface area contributed by atoms with Gasteiger partial charge in [-0.25, -0.2) is 4.98 Å². The molecular weight excluding hydrogens is 252 g/mol. The highest BCUT2D eigenvalue weighted by Gasteiger charge is 2.38. The predicted molar refractivity (Wildman–Crippen MR) is 63.1 cm³/mol. The Kier molecular flexibility index (Phi) is 4.10. The number of ether oxygens (including phenoxy) is 1. The highest BCUT2D eigenvalue weighted by atomic mass is 16.5. The fraction of sp³-hybridized carbons (Fsp3) is 0.636. The first-order valence-electron chi connectivity index (χ1n) is 5.98. The van der Waals surface area contributed by atoms with Gasteiger partial charge in [-0.3, -0.25) is 14.3 Å². The first-order chi connectivity index (χ1) is 9.09. The van der Waals surface area contributed by atoms with E-state index in [0.717, 1.165) is 0 Å². The summed E-state index contributed by atoms with van der Waals surface area (Å²) in [7, 11) is 1.61. The van der Waals surface area contributed by atoms with E-state index in [1.165, 1.54) is 17.6 Å². The van der Waals surface area contributed by atoms with Crippen LogP contribution in [0.25, 0.3) is 0 Å². The van der Waals surface area contributed by atoms with Gasteiger partial charge >= 0.3 is 5.97 Å². The molecule has 1 N–H and O–H groups in total. The third-order valence-corrected chi connectivity index (χ3v) is 3.28. The molecule has 1 aliphatic heterocycles. The number of carbonyl (C=O) groups is 2. The molecule has 2 rings (SSSR count). The minimum absolute atomic E-state index is 0.128. The van der Waals surface area contributed by atoms with E-state index in [9.17, 15) is 9.59 Å². The van der Waals surface area contributed by atoms with E-state index in [2.05, 4.69) is 10.1 Å². The standard InChI is InChI=1S/C11H16N4O4/c1-14(9-5-19-4-8(9)11(17)18)10(16)2-3-15-7-12-6-13-15/h6-9H,2-5H2,1H3,(H,17,18). The van der Waals surface area contributed by atoms with Crippen molar-refractivity contribution in [2.75, 3.05) is 20.3 Å². The second-order valence-corrected chi connectivity index (χ2v) is 4.46. The molecule has 2 atom stereocenters. The van der Waals surface area contributed by atoms with Crippen LogP contribution in [0.2, 0.25) is 0 Å². The van der Waals surface area contributed by atoms with Crippen molar-refractivity contribution < 1.29 is 19.4 Å². The summed E-state index contributed by atoms with van der Waals surface area (Å²) in [4.78, 5) is 28.3. The fourth-order valence-corrected chi connectivity index (χ4v) is 2.08. The normalized spacial score (nSPS) is 22.4. The Balaban J connectivity index is 1.89. The Morgan fingerprint density at radius 2 is 2.32 bits per heavy atom. The van der Waals surface area contributed by atoms with Crippen molar-refractivity contribution in [1.82, 2.24) is 19.7 Å². The predicted octanol–water partition coefficient (Wildman–Crippen LogP) is -0.774. The average molecular weight is 268 g/mol. The van der Waals surface area contributed by atoms with Crippen molar-refractivity contribution in [3.8, 4) is 0 Å². The second kappa shape index (κ2) is 5.79. The maximum absolute atomic E-state index is 12.0. The van der Waals surface area contributed by atoms with Gasteiger partial charge in [0.05, 0.1) is 25.8 Å². The van der Waals surface area contributed by atoms with Gasteiger partial charge in [0.2, 0.25) is 5.91 Å². The van der Waals surface area contributed by atoms with Crippen molar-refractivity contribution in [3.63, 3.8) is 0 Å². The number of hydrogen-bond acceptors (Lipinski definition) is 5. The number of carboxylic acids is 1. The van der Waals surface area contributed by atoms with Crippen molar-refractivity contribution in [3.05, 3.63) is 12.7 Å². The minimum Gasteiger partial charge on any atom is -0.481 e. The zero-order chi connectivity index (χ0) is 13.8. The molecule has 0 spiro atoms. The summed E-state index contributed by atoms with van der Waals surface area (Å²) >= 11 is 0. The van der Waals surface area contributed by atoms with Crippen LogP contribution < -0.4 is 0 Å². The summed E-state index contributed by atoms with van der Waals surface area (Å²) in [6.07, 6.45) is 3.19. The molecule has 0 aliphatic carbocycles. The van der Waals surface area contributed by atoms with Gasteiger partial charge < -0.3 is 14.7 Å². The molecule has 1 aliphatic rings. The van der Waals surface area contributed by atoms with Gasteiger partial charge in [0.1, 0.15) is 18.6 Å². The largest absolute Gasteiger partial charge is 0.481 e. The number of rotatable bonds is 5. The molecule has 2 heterocycles. The van der Waals surface area contributed by atoms with E-state index in [1.54, 1.807) is 11.7 Å². The zero-order valence-corrected chi connectivity index (χ0v) is 10.6. The van der Waals surface area contributed by atoms with E-state index in [0.29, 0.717) is 6.54 Å². The van der Waals surface area contributed by atoms with Crippen LogP contribution in [-0.4, -0.2) is 63.0 Å². The number of carboxylic acid groups (broad SMARTS) is 1. The number of aliphatic carboxylic acids is 1. The zero-order valence-electron chi connectivity index (χ0n) is 10.6. The lowest BCUT2D eigenvalue weighted by Gasteiger charge is -2.26. The van der Waals surface area contributed by atoms with Crippen LogP contribution in [-0.2, 0) is 20.9 Å². The highest BCUT2D eigenvalue weighted by Crippen LogP contribution is 2.19. The van der Waals surface area contributed by atoms with E-state index in [4.69, 9.17) is 9.84 Å². The number of likely N-dealkylation sites (N-methyl/N-ethyl adjacent to an activating group) is 1. The monoisotopic (exact) mass is 268 g/mol. The topological polar surface area (TPSA) is 97.5 Å². The molecule has 1 amide bonds. The molecule has 0 bridgehead atoms. The lowest BCUT2D eigenvalue weighted by Crippen LogP contribution is -2.44. The van der Waals surface area contributed by atoms with Crippen molar-refractivity contribution >= 4 is 11.9 Å². The molecule has 8 nitrogen and oxygen atoms in total. The Hall–Kier alpha value is -1.96. The summed E-state index contributed by atoms with van der Waals surface area (Å²) in [5, 5.41) is 13.0. The van der Waals surface area contributed by atoms with Crippen molar-refractivity contribution in [1.29, 1.82) is 0 Å². The summed E-state index contributed by atoms with van der Waals surface area (Å²) in [6, 6.07) is -0.402. The molecule has 0 aromatic carbocycles. The van der Waals surface area contributed by atoms with Crippen LogP contribution in [0.3, 0.4) is 0 Å². The smallest absolute Gasteiger partial charge is 0.311 e. The lowest BCUT2D eigenvalue weighted by atomic mass is 10.0.